The van der Waals surface area contributed by atoms with Crippen molar-refractivity contribution in [3.8, 4) is 0 Å². The molecule has 21 heavy (non-hydrogen) atoms. The van der Waals surface area contributed by atoms with Crippen LogP contribution < -0.4 is 0 Å². The van der Waals surface area contributed by atoms with Gasteiger partial charge < -0.3 is 4.90 Å². The summed E-state index contributed by atoms with van der Waals surface area (Å²) in [6.07, 6.45) is 0. The number of amides is 1. The van der Waals surface area contributed by atoms with E-state index in [1.165, 1.54) is 16.7 Å². The lowest BCUT2D eigenvalue weighted by molar-refractivity contribution is 0.0785. The smallest absolute Gasteiger partial charge is 0.253 e. The van der Waals surface area contributed by atoms with Gasteiger partial charge in [0.1, 0.15) is 0 Å². The second-order valence-electron chi connectivity index (χ2n) is 5.42. The summed E-state index contributed by atoms with van der Waals surface area (Å²) in [6.45, 7) is 4.77. The van der Waals surface area contributed by atoms with Crippen LogP contribution in [0.15, 0.2) is 42.5 Å². The van der Waals surface area contributed by atoms with Gasteiger partial charge in [-0.05, 0) is 42.7 Å². The third-order valence-corrected chi connectivity index (χ3v) is 3.92. The van der Waals surface area contributed by atoms with Gasteiger partial charge in [-0.25, -0.2) is 0 Å². The first-order valence-electron chi connectivity index (χ1n) is 6.97. The fourth-order valence-corrected chi connectivity index (χ4v) is 2.49. The first-order chi connectivity index (χ1) is 10.0. The number of aryl methyl sites for hydroxylation is 2. The molecule has 0 bridgehead atoms. The normalized spacial score (nSPS) is 10.5. The number of carbonyl (C=O) groups excluding carboxylic acids is 1. The molecule has 0 spiro atoms. The third kappa shape index (κ3) is 3.85. The predicted octanol–water partition coefficient (Wildman–Crippen LogP) is 4.31. The van der Waals surface area contributed by atoms with Crippen LogP contribution in [-0.4, -0.2) is 17.9 Å². The molecular formula is C18H20ClNO. The summed E-state index contributed by atoms with van der Waals surface area (Å²) >= 11 is 5.76. The zero-order valence-corrected chi connectivity index (χ0v) is 13.4. The lowest BCUT2D eigenvalue weighted by Gasteiger charge is -2.19. The van der Waals surface area contributed by atoms with Crippen molar-refractivity contribution in [3.63, 3.8) is 0 Å². The van der Waals surface area contributed by atoms with Gasteiger partial charge in [0.15, 0.2) is 0 Å². The fourth-order valence-electron chi connectivity index (χ4n) is 2.31. The Balaban J connectivity index is 2.11. The minimum absolute atomic E-state index is 0.0242. The SMILES string of the molecule is Cc1ccc(CN(C)C(=O)c2ccc(CCl)cc2)c(C)c1. The van der Waals surface area contributed by atoms with Crippen molar-refractivity contribution in [2.45, 2.75) is 26.3 Å². The molecule has 0 unspecified atom stereocenters. The molecule has 3 heteroatoms. The van der Waals surface area contributed by atoms with Gasteiger partial charge in [0.2, 0.25) is 0 Å². The number of carbonyl (C=O) groups is 1. The van der Waals surface area contributed by atoms with E-state index in [1.807, 2.05) is 31.3 Å². The molecule has 0 N–H and O–H groups in total. The largest absolute Gasteiger partial charge is 0.337 e. The molecule has 0 saturated heterocycles. The standard InChI is InChI=1S/C18H20ClNO/c1-13-4-7-17(14(2)10-13)12-20(3)18(21)16-8-5-15(11-19)6-9-16/h4-10H,11-12H2,1-3H3. The van der Waals surface area contributed by atoms with Gasteiger partial charge in [0.25, 0.3) is 5.91 Å². The van der Waals surface area contributed by atoms with Crippen LogP contribution in [0.3, 0.4) is 0 Å². The fraction of sp³-hybridized carbons (Fsp3) is 0.278. The van der Waals surface area contributed by atoms with E-state index in [0.717, 1.165) is 5.56 Å². The van der Waals surface area contributed by atoms with Crippen molar-refractivity contribution in [1.82, 2.24) is 4.90 Å². The number of rotatable bonds is 4. The highest BCUT2D eigenvalue weighted by molar-refractivity contribution is 6.17. The number of hydrogen-bond donors (Lipinski definition) is 0. The minimum atomic E-state index is 0.0242. The van der Waals surface area contributed by atoms with Crippen molar-refractivity contribution in [2.75, 3.05) is 7.05 Å². The molecule has 2 nitrogen and oxygen atoms in total. The Kier molecular flexibility index (Phi) is 5.03. The van der Waals surface area contributed by atoms with Gasteiger partial charge in [-0.2, -0.15) is 0 Å². The minimum Gasteiger partial charge on any atom is -0.337 e. The average Bonchev–Trinajstić information content (AvgIpc) is 2.49. The summed E-state index contributed by atoms with van der Waals surface area (Å²) in [7, 11) is 1.83. The molecule has 2 aromatic rings. The quantitative estimate of drug-likeness (QED) is 0.770. The number of nitrogens with zero attached hydrogens (tertiary/aromatic N) is 1. The summed E-state index contributed by atoms with van der Waals surface area (Å²) in [4.78, 5) is 14.2. The van der Waals surface area contributed by atoms with E-state index >= 15 is 0 Å². The van der Waals surface area contributed by atoms with Crippen LogP contribution in [-0.2, 0) is 12.4 Å². The van der Waals surface area contributed by atoms with Crippen LogP contribution in [0.25, 0.3) is 0 Å². The Morgan fingerprint density at radius 3 is 2.33 bits per heavy atom. The van der Waals surface area contributed by atoms with Gasteiger partial charge in [0.05, 0.1) is 0 Å². The Morgan fingerprint density at radius 1 is 1.10 bits per heavy atom. The predicted molar refractivity (Wildman–Crippen MR) is 87.7 cm³/mol. The average molecular weight is 302 g/mol. The number of benzene rings is 2. The monoisotopic (exact) mass is 301 g/mol. The van der Waals surface area contributed by atoms with Gasteiger partial charge in [-0.3, -0.25) is 4.79 Å². The maximum absolute atomic E-state index is 12.4. The molecule has 0 atom stereocenters. The topological polar surface area (TPSA) is 20.3 Å². The van der Waals surface area contributed by atoms with Crippen LogP contribution >= 0.6 is 11.6 Å². The Morgan fingerprint density at radius 2 is 1.76 bits per heavy atom. The summed E-state index contributed by atoms with van der Waals surface area (Å²) in [5, 5.41) is 0. The van der Waals surface area contributed by atoms with Crippen molar-refractivity contribution < 1.29 is 4.79 Å². The highest BCUT2D eigenvalue weighted by Crippen LogP contribution is 2.15. The molecule has 110 valence electrons. The van der Waals surface area contributed by atoms with Gasteiger partial charge in [0, 0.05) is 25.0 Å². The summed E-state index contributed by atoms with van der Waals surface area (Å²) in [5.41, 5.74) is 5.34. The number of hydrogen-bond acceptors (Lipinski definition) is 1. The van der Waals surface area contributed by atoms with Gasteiger partial charge in [-0.1, -0.05) is 35.9 Å². The molecule has 2 rings (SSSR count). The first kappa shape index (κ1) is 15.6. The second kappa shape index (κ2) is 6.77. The van der Waals surface area contributed by atoms with E-state index in [1.54, 1.807) is 4.90 Å². The van der Waals surface area contributed by atoms with Crippen molar-refractivity contribution in [3.05, 3.63) is 70.3 Å². The van der Waals surface area contributed by atoms with E-state index < -0.39 is 0 Å². The molecule has 0 aromatic heterocycles. The Bertz CT molecular complexity index is 634. The third-order valence-electron chi connectivity index (χ3n) is 3.61. The van der Waals surface area contributed by atoms with Crippen molar-refractivity contribution in [1.29, 1.82) is 0 Å². The first-order valence-corrected chi connectivity index (χ1v) is 7.51. The zero-order chi connectivity index (χ0) is 15.4. The van der Waals surface area contributed by atoms with E-state index in [4.69, 9.17) is 11.6 Å². The molecule has 0 radical (unpaired) electrons. The number of alkyl halides is 1. The molecular weight excluding hydrogens is 282 g/mol. The summed E-state index contributed by atoms with van der Waals surface area (Å²) in [6, 6.07) is 13.8. The van der Waals surface area contributed by atoms with Crippen LogP contribution in [0.1, 0.15) is 32.6 Å². The molecule has 0 saturated carbocycles. The molecule has 0 aliphatic heterocycles. The zero-order valence-electron chi connectivity index (χ0n) is 12.7. The second-order valence-corrected chi connectivity index (χ2v) is 5.69. The molecule has 0 aliphatic carbocycles. The Labute approximate surface area is 131 Å². The van der Waals surface area contributed by atoms with Crippen LogP contribution in [0, 0.1) is 13.8 Å². The van der Waals surface area contributed by atoms with E-state index in [0.29, 0.717) is 18.0 Å². The highest BCUT2D eigenvalue weighted by Gasteiger charge is 2.12. The molecule has 2 aromatic carbocycles. The lowest BCUT2D eigenvalue weighted by atomic mass is 10.0. The van der Waals surface area contributed by atoms with Crippen LogP contribution in [0.5, 0.6) is 0 Å². The number of halogens is 1. The Hall–Kier alpha value is -1.80. The van der Waals surface area contributed by atoms with Crippen LogP contribution in [0.4, 0.5) is 0 Å². The molecule has 1 amide bonds. The van der Waals surface area contributed by atoms with Crippen LogP contribution in [0.2, 0.25) is 0 Å². The van der Waals surface area contributed by atoms with Gasteiger partial charge in [-0.15, -0.1) is 11.6 Å². The van der Waals surface area contributed by atoms with Gasteiger partial charge >= 0.3 is 0 Å². The summed E-state index contributed by atoms with van der Waals surface area (Å²) in [5.74, 6) is 0.489. The highest BCUT2D eigenvalue weighted by atomic mass is 35.5. The van der Waals surface area contributed by atoms with Crippen molar-refractivity contribution >= 4 is 17.5 Å². The van der Waals surface area contributed by atoms with E-state index in [9.17, 15) is 4.79 Å². The maximum Gasteiger partial charge on any atom is 0.253 e. The molecule has 0 fully saturated rings. The van der Waals surface area contributed by atoms with Crippen molar-refractivity contribution in [2.24, 2.45) is 0 Å². The molecule has 0 heterocycles. The summed E-state index contributed by atoms with van der Waals surface area (Å²) < 4.78 is 0. The van der Waals surface area contributed by atoms with E-state index in [2.05, 4.69) is 32.0 Å². The molecule has 0 aliphatic rings. The maximum atomic E-state index is 12.4. The lowest BCUT2D eigenvalue weighted by Crippen LogP contribution is -2.26. The van der Waals surface area contributed by atoms with E-state index in [-0.39, 0.29) is 5.91 Å².